The molecule has 16 heavy (non-hydrogen) atoms. The Labute approximate surface area is 105 Å². The highest BCUT2D eigenvalue weighted by Gasteiger charge is 2.27. The smallest absolute Gasteiger partial charge is 0.414 e. The van der Waals surface area contributed by atoms with Gasteiger partial charge in [0.05, 0.1) is 17.8 Å². The molecular weight excluding hydrogens is 325 g/mol. The fraction of sp³-hybridized carbons (Fsp3) is 0.200. The number of amides is 1. The minimum Gasteiger partial charge on any atom is -0.478 e. The van der Waals surface area contributed by atoms with Crippen LogP contribution in [0, 0.1) is 3.57 Å². The zero-order valence-corrected chi connectivity index (χ0v) is 10.3. The van der Waals surface area contributed by atoms with Gasteiger partial charge in [0.25, 0.3) is 0 Å². The highest BCUT2D eigenvalue weighted by atomic mass is 127. The normalized spacial score (nSPS) is 15.1. The number of carbonyl (C=O) groups is 2. The van der Waals surface area contributed by atoms with Crippen molar-refractivity contribution in [1.82, 2.24) is 0 Å². The molecule has 0 atom stereocenters. The van der Waals surface area contributed by atoms with E-state index in [0.29, 0.717) is 18.8 Å². The van der Waals surface area contributed by atoms with Gasteiger partial charge in [-0.2, -0.15) is 0 Å². The lowest BCUT2D eigenvalue weighted by molar-refractivity contribution is 0.0697. The third-order valence-corrected chi connectivity index (χ3v) is 2.91. The van der Waals surface area contributed by atoms with Crippen LogP contribution in [-0.4, -0.2) is 30.3 Å². The molecule has 1 aromatic carbocycles. The Bertz CT molecular complexity index is 460. The van der Waals surface area contributed by atoms with E-state index >= 15 is 0 Å². The van der Waals surface area contributed by atoms with Gasteiger partial charge < -0.3 is 9.84 Å². The van der Waals surface area contributed by atoms with E-state index in [1.807, 2.05) is 22.6 Å². The first-order valence-corrected chi connectivity index (χ1v) is 5.64. The van der Waals surface area contributed by atoms with Crippen molar-refractivity contribution in [3.05, 3.63) is 27.3 Å². The number of ether oxygens (including phenoxy) is 1. The van der Waals surface area contributed by atoms with Crippen molar-refractivity contribution in [1.29, 1.82) is 0 Å². The molecule has 1 fully saturated rings. The molecule has 1 aromatic rings. The van der Waals surface area contributed by atoms with Crippen LogP contribution in [0.15, 0.2) is 18.2 Å². The Morgan fingerprint density at radius 1 is 1.50 bits per heavy atom. The molecule has 2 rings (SSSR count). The monoisotopic (exact) mass is 333 g/mol. The van der Waals surface area contributed by atoms with Crippen molar-refractivity contribution < 1.29 is 19.4 Å². The number of nitrogens with zero attached hydrogens (tertiary/aromatic N) is 1. The largest absolute Gasteiger partial charge is 0.478 e. The second kappa shape index (κ2) is 4.28. The molecule has 1 saturated heterocycles. The van der Waals surface area contributed by atoms with Crippen LogP contribution < -0.4 is 4.90 Å². The first kappa shape index (κ1) is 11.2. The standard InChI is InChI=1S/C10H8INO4/c11-6-1-2-8(7(5-6)9(13)14)12-3-4-16-10(12)15/h1-2,5H,3-4H2,(H,13,14). The molecule has 0 unspecified atom stereocenters. The third-order valence-electron chi connectivity index (χ3n) is 2.24. The van der Waals surface area contributed by atoms with Crippen LogP contribution in [-0.2, 0) is 4.74 Å². The summed E-state index contributed by atoms with van der Waals surface area (Å²) in [4.78, 5) is 23.7. The first-order valence-electron chi connectivity index (χ1n) is 4.57. The van der Waals surface area contributed by atoms with Gasteiger partial charge in [-0.15, -0.1) is 0 Å². The molecule has 84 valence electrons. The number of carbonyl (C=O) groups excluding carboxylic acids is 1. The second-order valence-corrected chi connectivity index (χ2v) is 4.48. The lowest BCUT2D eigenvalue weighted by Gasteiger charge is -2.15. The van der Waals surface area contributed by atoms with E-state index in [1.165, 1.54) is 11.0 Å². The number of carboxylic acids is 1. The second-order valence-electron chi connectivity index (χ2n) is 3.23. The van der Waals surface area contributed by atoms with Crippen LogP contribution in [0.2, 0.25) is 0 Å². The number of benzene rings is 1. The molecule has 0 radical (unpaired) electrons. The number of aromatic carboxylic acids is 1. The van der Waals surface area contributed by atoms with Crippen LogP contribution in [0.4, 0.5) is 10.5 Å². The van der Waals surface area contributed by atoms with Gasteiger partial charge in [0.2, 0.25) is 0 Å². The van der Waals surface area contributed by atoms with Gasteiger partial charge in [-0.1, -0.05) is 0 Å². The highest BCUT2D eigenvalue weighted by molar-refractivity contribution is 14.1. The summed E-state index contributed by atoms with van der Waals surface area (Å²) in [6.45, 7) is 0.684. The van der Waals surface area contributed by atoms with Gasteiger partial charge in [0.1, 0.15) is 6.61 Å². The van der Waals surface area contributed by atoms with Crippen molar-refractivity contribution in [2.24, 2.45) is 0 Å². The molecule has 1 heterocycles. The average Bonchev–Trinajstić information content (AvgIpc) is 2.64. The van der Waals surface area contributed by atoms with Crippen molar-refractivity contribution in [2.75, 3.05) is 18.1 Å². The van der Waals surface area contributed by atoms with Gasteiger partial charge in [0, 0.05) is 3.57 Å². The number of carboxylic acid groups (broad SMARTS) is 1. The van der Waals surface area contributed by atoms with Crippen LogP contribution in [0.1, 0.15) is 10.4 Å². The Morgan fingerprint density at radius 3 is 2.81 bits per heavy atom. The number of anilines is 1. The number of halogens is 1. The Kier molecular flexibility index (Phi) is 2.99. The van der Waals surface area contributed by atoms with Crippen molar-refractivity contribution in [3.8, 4) is 0 Å². The lowest BCUT2D eigenvalue weighted by atomic mass is 10.1. The van der Waals surface area contributed by atoms with E-state index in [-0.39, 0.29) is 5.56 Å². The first-order chi connectivity index (χ1) is 7.59. The van der Waals surface area contributed by atoms with E-state index < -0.39 is 12.1 Å². The Morgan fingerprint density at radius 2 is 2.25 bits per heavy atom. The summed E-state index contributed by atoms with van der Waals surface area (Å²) < 4.78 is 5.59. The van der Waals surface area contributed by atoms with E-state index in [1.54, 1.807) is 12.1 Å². The molecule has 1 aliphatic heterocycles. The van der Waals surface area contributed by atoms with Gasteiger partial charge in [-0.25, -0.2) is 9.59 Å². The van der Waals surface area contributed by atoms with Crippen LogP contribution in [0.3, 0.4) is 0 Å². The van der Waals surface area contributed by atoms with Crippen molar-refractivity contribution in [2.45, 2.75) is 0 Å². The van der Waals surface area contributed by atoms with E-state index in [4.69, 9.17) is 9.84 Å². The third kappa shape index (κ3) is 1.97. The van der Waals surface area contributed by atoms with Crippen molar-refractivity contribution in [3.63, 3.8) is 0 Å². The van der Waals surface area contributed by atoms with Crippen LogP contribution in [0.5, 0.6) is 0 Å². The molecule has 1 amide bonds. The van der Waals surface area contributed by atoms with Gasteiger partial charge in [-0.3, -0.25) is 4.90 Å². The maximum Gasteiger partial charge on any atom is 0.414 e. The summed E-state index contributed by atoms with van der Waals surface area (Å²) in [5.41, 5.74) is 0.501. The molecule has 1 aliphatic rings. The highest BCUT2D eigenvalue weighted by Crippen LogP contribution is 2.25. The molecule has 6 heteroatoms. The predicted molar refractivity (Wildman–Crippen MR) is 64.8 cm³/mol. The van der Waals surface area contributed by atoms with E-state index in [2.05, 4.69) is 0 Å². The maximum absolute atomic E-state index is 11.3. The number of rotatable bonds is 2. The molecule has 0 spiro atoms. The quantitative estimate of drug-likeness (QED) is 0.840. The zero-order valence-electron chi connectivity index (χ0n) is 8.14. The summed E-state index contributed by atoms with van der Waals surface area (Å²) in [7, 11) is 0. The van der Waals surface area contributed by atoms with Gasteiger partial charge in [0.15, 0.2) is 0 Å². The summed E-state index contributed by atoms with van der Waals surface area (Å²) in [5.74, 6) is -1.05. The number of hydrogen-bond acceptors (Lipinski definition) is 3. The molecule has 0 bridgehead atoms. The summed E-state index contributed by atoms with van der Waals surface area (Å²) in [6, 6.07) is 4.91. The molecular formula is C10H8INO4. The van der Waals surface area contributed by atoms with Gasteiger partial charge >= 0.3 is 12.1 Å². The Balaban J connectivity index is 2.47. The Hall–Kier alpha value is -1.31. The summed E-state index contributed by atoms with van der Waals surface area (Å²) in [5, 5.41) is 9.05. The summed E-state index contributed by atoms with van der Waals surface area (Å²) in [6.07, 6.45) is -0.497. The number of cyclic esters (lactones) is 1. The van der Waals surface area contributed by atoms with E-state index in [0.717, 1.165) is 3.57 Å². The fourth-order valence-electron chi connectivity index (χ4n) is 1.53. The molecule has 5 nitrogen and oxygen atoms in total. The van der Waals surface area contributed by atoms with Crippen LogP contribution in [0.25, 0.3) is 0 Å². The summed E-state index contributed by atoms with van der Waals surface area (Å²) >= 11 is 2.03. The molecule has 1 N–H and O–H groups in total. The average molecular weight is 333 g/mol. The van der Waals surface area contributed by atoms with Crippen molar-refractivity contribution >= 4 is 40.3 Å². The van der Waals surface area contributed by atoms with E-state index in [9.17, 15) is 9.59 Å². The van der Waals surface area contributed by atoms with Crippen LogP contribution >= 0.6 is 22.6 Å². The minimum absolute atomic E-state index is 0.116. The molecule has 0 aliphatic carbocycles. The lowest BCUT2D eigenvalue weighted by Crippen LogP contribution is -2.25. The molecule has 0 saturated carbocycles. The minimum atomic E-state index is -1.05. The topological polar surface area (TPSA) is 66.8 Å². The predicted octanol–water partition coefficient (Wildman–Crippen LogP) is 1.95. The zero-order chi connectivity index (χ0) is 11.7. The maximum atomic E-state index is 11.3. The number of hydrogen-bond donors (Lipinski definition) is 1. The SMILES string of the molecule is O=C(O)c1cc(I)ccc1N1CCOC1=O. The molecule has 0 aromatic heterocycles. The fourth-order valence-corrected chi connectivity index (χ4v) is 2.02. The van der Waals surface area contributed by atoms with Gasteiger partial charge in [-0.05, 0) is 40.8 Å².